The van der Waals surface area contributed by atoms with Crippen molar-refractivity contribution in [3.63, 3.8) is 0 Å². The Balaban J connectivity index is 1.88. The summed E-state index contributed by atoms with van der Waals surface area (Å²) in [5.74, 6) is 0.306. The number of aryl methyl sites for hydroxylation is 2. The van der Waals surface area contributed by atoms with Gasteiger partial charge >= 0.3 is 0 Å². The molecule has 3 heterocycles. The first-order valence-electron chi connectivity index (χ1n) is 8.33. The van der Waals surface area contributed by atoms with Crippen molar-refractivity contribution >= 4 is 5.91 Å². The molecule has 0 N–H and O–H groups in total. The number of hydrogen-bond donors (Lipinski definition) is 0. The third-order valence-electron chi connectivity index (χ3n) is 5.52. The Bertz CT molecular complexity index is 573. The molecule has 0 radical (unpaired) electrons. The van der Waals surface area contributed by atoms with Crippen LogP contribution in [0.15, 0.2) is 0 Å². The van der Waals surface area contributed by atoms with E-state index in [9.17, 15) is 4.79 Å². The van der Waals surface area contributed by atoms with Crippen molar-refractivity contribution in [2.24, 2.45) is 12.5 Å². The molecule has 3 rings (SSSR count). The molecule has 0 aromatic carbocycles. The van der Waals surface area contributed by atoms with Gasteiger partial charge in [-0.2, -0.15) is 5.10 Å². The molecule has 0 saturated carbocycles. The molecule has 2 aliphatic rings. The van der Waals surface area contributed by atoms with Gasteiger partial charge in [0.2, 0.25) is 5.91 Å². The van der Waals surface area contributed by atoms with E-state index in [-0.39, 0.29) is 11.5 Å². The topological polar surface area (TPSA) is 47.4 Å². The Morgan fingerprint density at radius 3 is 2.59 bits per heavy atom. The number of hydrogen-bond acceptors (Lipinski definition) is 3. The van der Waals surface area contributed by atoms with Crippen LogP contribution in [-0.2, 0) is 16.6 Å². The number of rotatable bonds is 2. The van der Waals surface area contributed by atoms with E-state index in [1.54, 1.807) is 0 Å². The molecule has 2 fully saturated rings. The summed E-state index contributed by atoms with van der Waals surface area (Å²) in [6, 6.07) is 0.195. The molecule has 5 heteroatoms. The van der Waals surface area contributed by atoms with Crippen molar-refractivity contribution in [2.45, 2.75) is 52.5 Å². The molecule has 0 bridgehead atoms. The molecule has 1 unspecified atom stereocenters. The second-order valence-corrected chi connectivity index (χ2v) is 7.04. The van der Waals surface area contributed by atoms with Gasteiger partial charge in [-0.1, -0.05) is 6.92 Å². The van der Waals surface area contributed by atoms with Gasteiger partial charge in [-0.3, -0.25) is 9.48 Å². The highest BCUT2D eigenvalue weighted by Crippen LogP contribution is 2.40. The lowest BCUT2D eigenvalue weighted by Gasteiger charge is -2.38. The maximum Gasteiger partial charge on any atom is 0.229 e. The predicted octanol–water partition coefficient (Wildman–Crippen LogP) is 2.52. The highest BCUT2D eigenvalue weighted by atomic mass is 16.5. The average molecular weight is 305 g/mol. The van der Waals surface area contributed by atoms with E-state index in [1.165, 1.54) is 11.3 Å². The van der Waals surface area contributed by atoms with E-state index in [1.807, 2.05) is 11.7 Å². The van der Waals surface area contributed by atoms with Crippen molar-refractivity contribution in [1.82, 2.24) is 14.7 Å². The summed E-state index contributed by atoms with van der Waals surface area (Å²) in [7, 11) is 1.98. The van der Waals surface area contributed by atoms with E-state index in [0.717, 1.165) is 37.9 Å². The minimum Gasteiger partial charge on any atom is -0.381 e. The molecule has 122 valence electrons. The maximum atomic E-state index is 13.2. The molecule has 2 saturated heterocycles. The lowest BCUT2D eigenvalue weighted by atomic mass is 9.80. The summed E-state index contributed by atoms with van der Waals surface area (Å²) in [6.07, 6.45) is 3.79. The monoisotopic (exact) mass is 305 g/mol. The molecule has 22 heavy (non-hydrogen) atoms. The quantitative estimate of drug-likeness (QED) is 0.843. The fraction of sp³-hybridized carbons (Fsp3) is 0.765. The minimum atomic E-state index is -0.259. The fourth-order valence-corrected chi connectivity index (χ4v) is 3.96. The Morgan fingerprint density at radius 2 is 2.00 bits per heavy atom. The van der Waals surface area contributed by atoms with E-state index in [0.29, 0.717) is 19.1 Å². The van der Waals surface area contributed by atoms with Gasteiger partial charge in [0.25, 0.3) is 0 Å². The largest absolute Gasteiger partial charge is 0.381 e. The van der Waals surface area contributed by atoms with E-state index < -0.39 is 0 Å². The molecular weight excluding hydrogens is 278 g/mol. The zero-order valence-corrected chi connectivity index (χ0v) is 14.2. The number of aromatic nitrogens is 2. The van der Waals surface area contributed by atoms with Crippen LogP contribution in [0.4, 0.5) is 0 Å². The van der Waals surface area contributed by atoms with Gasteiger partial charge in [0, 0.05) is 38.1 Å². The van der Waals surface area contributed by atoms with Gasteiger partial charge in [0.05, 0.1) is 17.2 Å². The third-order valence-corrected chi connectivity index (χ3v) is 5.52. The second-order valence-electron chi connectivity index (χ2n) is 7.04. The van der Waals surface area contributed by atoms with Crippen LogP contribution in [0.25, 0.3) is 0 Å². The predicted molar refractivity (Wildman–Crippen MR) is 84.5 cm³/mol. The second kappa shape index (κ2) is 5.69. The molecule has 2 aliphatic heterocycles. The van der Waals surface area contributed by atoms with E-state index >= 15 is 0 Å². The van der Waals surface area contributed by atoms with Crippen LogP contribution in [0, 0.1) is 19.3 Å². The number of ether oxygens (including phenoxy) is 1. The Morgan fingerprint density at radius 1 is 1.32 bits per heavy atom. The van der Waals surface area contributed by atoms with Gasteiger partial charge in [0.15, 0.2) is 0 Å². The van der Waals surface area contributed by atoms with E-state index in [2.05, 4.69) is 30.8 Å². The Kier molecular flexibility index (Phi) is 4.02. The van der Waals surface area contributed by atoms with Crippen LogP contribution in [0.3, 0.4) is 0 Å². The van der Waals surface area contributed by atoms with Crippen LogP contribution in [0.2, 0.25) is 0 Å². The van der Waals surface area contributed by atoms with Crippen molar-refractivity contribution in [3.8, 4) is 0 Å². The number of carbonyl (C=O) groups is 1. The first-order chi connectivity index (χ1) is 10.4. The molecular formula is C17H27N3O2. The van der Waals surface area contributed by atoms with Crippen molar-refractivity contribution < 1.29 is 9.53 Å². The SMILES string of the molecule is Cc1nn(C)c(C)c1C1CCCN1C(=O)C1(C)CCOCC1. The van der Waals surface area contributed by atoms with E-state index in [4.69, 9.17) is 4.74 Å². The van der Waals surface area contributed by atoms with Crippen molar-refractivity contribution in [2.75, 3.05) is 19.8 Å². The summed E-state index contributed by atoms with van der Waals surface area (Å²) in [5.41, 5.74) is 3.23. The van der Waals surface area contributed by atoms with Crippen molar-refractivity contribution in [3.05, 3.63) is 17.0 Å². The smallest absolute Gasteiger partial charge is 0.229 e. The molecule has 0 spiro atoms. The van der Waals surface area contributed by atoms with Gasteiger partial charge in [-0.15, -0.1) is 0 Å². The summed E-state index contributed by atoms with van der Waals surface area (Å²) in [6.45, 7) is 8.53. The first-order valence-corrected chi connectivity index (χ1v) is 8.33. The molecule has 1 amide bonds. The Labute approximate surface area is 132 Å². The zero-order chi connectivity index (χ0) is 15.9. The normalized spacial score (nSPS) is 24.7. The number of nitrogens with zero attached hydrogens (tertiary/aromatic N) is 3. The number of carbonyl (C=O) groups excluding carboxylic acids is 1. The molecule has 1 aromatic heterocycles. The van der Waals surface area contributed by atoms with Crippen molar-refractivity contribution in [1.29, 1.82) is 0 Å². The highest BCUT2D eigenvalue weighted by molar-refractivity contribution is 5.83. The first kappa shape index (κ1) is 15.5. The molecule has 5 nitrogen and oxygen atoms in total. The fourth-order valence-electron chi connectivity index (χ4n) is 3.96. The number of amides is 1. The highest BCUT2D eigenvalue weighted by Gasteiger charge is 2.43. The summed E-state index contributed by atoms with van der Waals surface area (Å²) in [4.78, 5) is 15.3. The molecule has 1 aromatic rings. The summed E-state index contributed by atoms with van der Waals surface area (Å²) >= 11 is 0. The number of likely N-dealkylation sites (tertiary alicyclic amines) is 1. The van der Waals surface area contributed by atoms with Gasteiger partial charge < -0.3 is 9.64 Å². The average Bonchev–Trinajstić information content (AvgIpc) is 3.04. The van der Waals surface area contributed by atoms with Crippen LogP contribution in [0.1, 0.15) is 55.6 Å². The summed E-state index contributed by atoms with van der Waals surface area (Å²) < 4.78 is 7.38. The lowest BCUT2D eigenvalue weighted by Crippen LogP contribution is -2.45. The Hall–Kier alpha value is -1.36. The zero-order valence-electron chi connectivity index (χ0n) is 14.2. The van der Waals surface area contributed by atoms with Gasteiger partial charge in [-0.05, 0) is 39.5 Å². The van der Waals surface area contributed by atoms with Gasteiger partial charge in [-0.25, -0.2) is 0 Å². The van der Waals surface area contributed by atoms with Crippen LogP contribution in [-0.4, -0.2) is 40.3 Å². The molecule has 0 aliphatic carbocycles. The van der Waals surface area contributed by atoms with Crippen LogP contribution < -0.4 is 0 Å². The van der Waals surface area contributed by atoms with Gasteiger partial charge in [0.1, 0.15) is 0 Å². The third kappa shape index (κ3) is 2.45. The summed E-state index contributed by atoms with van der Waals surface area (Å²) in [5, 5.41) is 4.54. The minimum absolute atomic E-state index is 0.195. The standard InChI is InChI=1S/C17H27N3O2/c1-12-15(13(2)19(4)18-12)14-6-5-9-20(14)16(21)17(3)7-10-22-11-8-17/h14H,5-11H2,1-4H3. The molecule has 1 atom stereocenters. The van der Waals surface area contributed by atoms with Crippen LogP contribution in [0.5, 0.6) is 0 Å². The lowest BCUT2D eigenvalue weighted by molar-refractivity contribution is -0.147. The van der Waals surface area contributed by atoms with Crippen LogP contribution >= 0.6 is 0 Å². The maximum absolute atomic E-state index is 13.2.